The number of fused-ring (bicyclic) bond motifs is 5. The molecule has 3 aromatic carbocycles. The van der Waals surface area contributed by atoms with Crippen LogP contribution in [0.4, 0.5) is 0 Å². The van der Waals surface area contributed by atoms with Gasteiger partial charge in [0.15, 0.2) is 5.16 Å². The summed E-state index contributed by atoms with van der Waals surface area (Å²) in [6.07, 6.45) is 0. The Kier molecular flexibility index (Phi) is 4.21. The molecule has 0 atom stereocenters. The zero-order valence-electron chi connectivity index (χ0n) is 16.7. The second-order valence-electron chi connectivity index (χ2n) is 7.33. The van der Waals surface area contributed by atoms with Gasteiger partial charge in [0.05, 0.1) is 22.3 Å². The van der Waals surface area contributed by atoms with Crippen LogP contribution in [0.5, 0.6) is 0 Å². The number of hydrogen-bond acceptors (Lipinski definition) is 6. The van der Waals surface area contributed by atoms with E-state index in [1.54, 1.807) is 11.8 Å². The lowest BCUT2D eigenvalue weighted by Gasteiger charge is -2.07. The fraction of sp³-hybridized carbons (Fsp3) is 0.0833. The molecule has 7 heteroatoms. The molecule has 6 rings (SSSR count). The maximum atomic E-state index is 5.90. The van der Waals surface area contributed by atoms with Gasteiger partial charge in [0, 0.05) is 10.9 Å². The normalized spacial score (nSPS) is 11.6. The van der Waals surface area contributed by atoms with Crippen LogP contribution in [0.15, 0.2) is 82.4 Å². The summed E-state index contributed by atoms with van der Waals surface area (Å²) in [6.45, 7) is 2.05. The first-order chi connectivity index (χ1) is 15.3. The lowest BCUT2D eigenvalue weighted by atomic mass is 10.1. The van der Waals surface area contributed by atoms with E-state index in [0.29, 0.717) is 17.5 Å². The number of imidazole rings is 1. The highest BCUT2D eigenvalue weighted by molar-refractivity contribution is 7.98. The van der Waals surface area contributed by atoms with Crippen LogP contribution >= 0.6 is 11.8 Å². The minimum Gasteiger partial charge on any atom is -0.420 e. The number of rotatable bonds is 4. The molecule has 0 saturated carbocycles. The highest BCUT2D eigenvalue weighted by Crippen LogP contribution is 2.30. The minimum absolute atomic E-state index is 0.520. The number of benzene rings is 3. The number of nitrogens with zero attached hydrogens (tertiary/aromatic N) is 5. The molecule has 0 saturated heterocycles. The van der Waals surface area contributed by atoms with E-state index in [4.69, 9.17) is 14.4 Å². The SMILES string of the molecule is Cc1ccc(-c2nnc(CSc3nc4ccccc4c4nc5ccccc5n34)o2)cc1. The Labute approximate surface area is 182 Å². The average Bonchev–Trinajstić information content (AvgIpc) is 3.43. The van der Waals surface area contributed by atoms with Crippen molar-refractivity contribution in [3.8, 4) is 11.5 Å². The number of aromatic nitrogens is 5. The minimum atomic E-state index is 0.520. The third-order valence-electron chi connectivity index (χ3n) is 5.20. The van der Waals surface area contributed by atoms with Gasteiger partial charge in [-0.1, -0.05) is 53.7 Å². The molecular formula is C24H17N5OS. The molecule has 0 N–H and O–H groups in total. The average molecular weight is 424 g/mol. The van der Waals surface area contributed by atoms with E-state index < -0.39 is 0 Å². The lowest BCUT2D eigenvalue weighted by molar-refractivity contribution is 0.528. The zero-order chi connectivity index (χ0) is 20.8. The Hall–Kier alpha value is -3.71. The van der Waals surface area contributed by atoms with E-state index in [-0.39, 0.29) is 0 Å². The summed E-state index contributed by atoms with van der Waals surface area (Å²) in [7, 11) is 0. The lowest BCUT2D eigenvalue weighted by Crippen LogP contribution is -1.97. The van der Waals surface area contributed by atoms with Crippen molar-refractivity contribution in [1.29, 1.82) is 0 Å². The Bertz CT molecular complexity index is 1550. The first-order valence-corrected chi connectivity index (χ1v) is 10.9. The molecule has 0 aliphatic rings. The Balaban J connectivity index is 1.40. The highest BCUT2D eigenvalue weighted by Gasteiger charge is 2.16. The van der Waals surface area contributed by atoms with E-state index in [1.165, 1.54) is 5.56 Å². The monoisotopic (exact) mass is 423 g/mol. The van der Waals surface area contributed by atoms with Gasteiger partial charge in [-0.25, -0.2) is 9.97 Å². The molecule has 0 spiro atoms. The van der Waals surface area contributed by atoms with Crippen molar-refractivity contribution in [2.75, 3.05) is 0 Å². The third-order valence-corrected chi connectivity index (χ3v) is 6.13. The molecule has 6 nitrogen and oxygen atoms in total. The van der Waals surface area contributed by atoms with Crippen LogP contribution in [-0.2, 0) is 5.75 Å². The first-order valence-electron chi connectivity index (χ1n) is 9.94. The smallest absolute Gasteiger partial charge is 0.247 e. The summed E-state index contributed by atoms with van der Waals surface area (Å²) in [6, 6.07) is 24.3. The van der Waals surface area contributed by atoms with Gasteiger partial charge in [-0.15, -0.1) is 10.2 Å². The summed E-state index contributed by atoms with van der Waals surface area (Å²) >= 11 is 1.56. The molecule has 3 heterocycles. The molecule has 3 aromatic heterocycles. The van der Waals surface area contributed by atoms with Crippen LogP contribution in [0.2, 0.25) is 0 Å². The van der Waals surface area contributed by atoms with Crippen LogP contribution in [-0.4, -0.2) is 24.6 Å². The van der Waals surface area contributed by atoms with E-state index in [0.717, 1.165) is 38.3 Å². The van der Waals surface area contributed by atoms with Crippen LogP contribution in [0, 0.1) is 6.92 Å². The Morgan fingerprint density at radius 1 is 0.839 bits per heavy atom. The number of para-hydroxylation sites is 3. The summed E-state index contributed by atoms with van der Waals surface area (Å²) in [5.74, 6) is 1.61. The second-order valence-corrected chi connectivity index (χ2v) is 8.27. The Morgan fingerprint density at radius 3 is 2.48 bits per heavy atom. The summed E-state index contributed by atoms with van der Waals surface area (Å²) in [5, 5.41) is 10.3. The molecule has 0 aliphatic carbocycles. The molecule has 0 bridgehead atoms. The van der Waals surface area contributed by atoms with Crippen molar-refractivity contribution in [2.24, 2.45) is 0 Å². The summed E-state index contributed by atoms with van der Waals surface area (Å²) < 4.78 is 8.01. The number of thioether (sulfide) groups is 1. The van der Waals surface area contributed by atoms with Gasteiger partial charge >= 0.3 is 0 Å². The van der Waals surface area contributed by atoms with Crippen molar-refractivity contribution in [1.82, 2.24) is 24.6 Å². The van der Waals surface area contributed by atoms with Crippen LogP contribution in [0.1, 0.15) is 11.5 Å². The van der Waals surface area contributed by atoms with Gasteiger partial charge in [0.2, 0.25) is 11.8 Å². The molecule has 0 radical (unpaired) electrons. The zero-order valence-corrected chi connectivity index (χ0v) is 17.5. The molecule has 0 fully saturated rings. The van der Waals surface area contributed by atoms with Gasteiger partial charge in [-0.05, 0) is 43.3 Å². The van der Waals surface area contributed by atoms with Crippen LogP contribution < -0.4 is 0 Å². The summed E-state index contributed by atoms with van der Waals surface area (Å²) in [4.78, 5) is 9.78. The molecule has 0 amide bonds. The van der Waals surface area contributed by atoms with Gasteiger partial charge < -0.3 is 4.42 Å². The number of aryl methyl sites for hydroxylation is 1. The van der Waals surface area contributed by atoms with Crippen molar-refractivity contribution in [2.45, 2.75) is 17.8 Å². The second kappa shape index (κ2) is 7.21. The van der Waals surface area contributed by atoms with Crippen molar-refractivity contribution in [3.63, 3.8) is 0 Å². The fourth-order valence-electron chi connectivity index (χ4n) is 3.66. The van der Waals surface area contributed by atoms with Crippen molar-refractivity contribution < 1.29 is 4.42 Å². The molecule has 150 valence electrons. The number of hydrogen-bond donors (Lipinski definition) is 0. The predicted molar refractivity (Wildman–Crippen MR) is 122 cm³/mol. The van der Waals surface area contributed by atoms with Gasteiger partial charge in [0.1, 0.15) is 5.65 Å². The van der Waals surface area contributed by atoms with E-state index in [1.807, 2.05) is 60.7 Å². The molecular weight excluding hydrogens is 406 g/mol. The van der Waals surface area contributed by atoms with Gasteiger partial charge in [-0.2, -0.15) is 0 Å². The van der Waals surface area contributed by atoms with E-state index in [9.17, 15) is 0 Å². The third kappa shape index (κ3) is 3.14. The predicted octanol–water partition coefficient (Wildman–Crippen LogP) is 5.69. The molecule has 0 aliphatic heterocycles. The highest BCUT2D eigenvalue weighted by atomic mass is 32.2. The van der Waals surface area contributed by atoms with Gasteiger partial charge in [0.25, 0.3) is 0 Å². The van der Waals surface area contributed by atoms with E-state index >= 15 is 0 Å². The van der Waals surface area contributed by atoms with Crippen LogP contribution in [0.25, 0.3) is 39.0 Å². The topological polar surface area (TPSA) is 69.1 Å². The van der Waals surface area contributed by atoms with Crippen LogP contribution in [0.3, 0.4) is 0 Å². The summed E-state index contributed by atoms with van der Waals surface area (Å²) in [5.41, 5.74) is 5.91. The van der Waals surface area contributed by atoms with E-state index in [2.05, 4.69) is 33.7 Å². The van der Waals surface area contributed by atoms with Gasteiger partial charge in [-0.3, -0.25) is 4.40 Å². The molecule has 31 heavy (non-hydrogen) atoms. The first kappa shape index (κ1) is 18.1. The fourth-order valence-corrected chi connectivity index (χ4v) is 4.51. The Morgan fingerprint density at radius 2 is 1.61 bits per heavy atom. The maximum Gasteiger partial charge on any atom is 0.247 e. The standard InChI is InChI=1S/C24H17N5OS/c1-15-10-12-16(13-11-15)23-28-27-21(30-23)14-31-24-26-18-7-3-2-6-17(18)22-25-19-8-4-5-9-20(19)29(22)24/h2-13H,14H2,1H3. The molecule has 0 unspecified atom stereocenters. The van der Waals surface area contributed by atoms with Crippen molar-refractivity contribution >= 4 is 39.3 Å². The van der Waals surface area contributed by atoms with Crippen molar-refractivity contribution in [3.05, 3.63) is 84.3 Å². The largest absolute Gasteiger partial charge is 0.420 e. The molecule has 6 aromatic rings. The maximum absolute atomic E-state index is 5.90. The quantitative estimate of drug-likeness (QED) is 0.268.